The van der Waals surface area contributed by atoms with Crippen LogP contribution in [-0.2, 0) is 21.4 Å². The second kappa shape index (κ2) is 9.94. The Morgan fingerprint density at radius 2 is 1.91 bits per heavy atom. The lowest BCUT2D eigenvalue weighted by Gasteiger charge is -2.32. The van der Waals surface area contributed by atoms with Gasteiger partial charge < -0.3 is 0 Å². The lowest BCUT2D eigenvalue weighted by molar-refractivity contribution is -0.123. The first kappa shape index (κ1) is 24.3. The van der Waals surface area contributed by atoms with Crippen LogP contribution < -0.4 is 4.90 Å². The van der Waals surface area contributed by atoms with Gasteiger partial charge in [0.2, 0.25) is 5.91 Å². The molecule has 0 bridgehead atoms. The first-order valence-corrected chi connectivity index (χ1v) is 14.7. The molecule has 0 unspecified atom stereocenters. The molecule has 35 heavy (non-hydrogen) atoms. The van der Waals surface area contributed by atoms with E-state index in [0.717, 1.165) is 21.3 Å². The number of nitrogens with zero attached hydrogens (tertiary/aromatic N) is 4. The number of aryl methyl sites for hydroxylation is 1. The van der Waals surface area contributed by atoms with Crippen LogP contribution in [0, 0.1) is 12.8 Å². The molecule has 0 saturated carbocycles. The first-order chi connectivity index (χ1) is 16.8. The van der Waals surface area contributed by atoms with Gasteiger partial charge in [-0.25, -0.2) is 13.4 Å². The minimum absolute atomic E-state index is 0.0529. The number of amides is 1. The van der Waals surface area contributed by atoms with Crippen molar-refractivity contribution in [1.82, 2.24) is 14.3 Å². The molecule has 4 aromatic rings. The third-order valence-corrected chi connectivity index (χ3v) is 11.0. The van der Waals surface area contributed by atoms with Crippen LogP contribution in [-0.4, -0.2) is 41.7 Å². The minimum atomic E-state index is -3.52. The number of thiophene rings is 1. The molecule has 1 saturated heterocycles. The van der Waals surface area contributed by atoms with Crippen LogP contribution in [0.25, 0.3) is 10.2 Å². The zero-order chi connectivity index (χ0) is 24.6. The average Bonchev–Trinajstić information content (AvgIpc) is 3.57. The van der Waals surface area contributed by atoms with Gasteiger partial charge in [-0.2, -0.15) is 4.31 Å². The smallest absolute Gasteiger partial charge is 0.252 e. The Balaban J connectivity index is 1.41. The summed E-state index contributed by atoms with van der Waals surface area (Å²) in [5.74, 6) is -0.349. The molecule has 1 aromatic carbocycles. The minimum Gasteiger partial charge on any atom is -0.283 e. The Bertz CT molecular complexity index is 1410. The Labute approximate surface area is 217 Å². The predicted molar refractivity (Wildman–Crippen MR) is 141 cm³/mol. The molecular weight excluding hydrogens is 524 g/mol. The Hall–Kier alpha value is -2.37. The summed E-state index contributed by atoms with van der Waals surface area (Å²) in [6, 6.07) is 10.9. The van der Waals surface area contributed by atoms with Crippen LogP contribution in [0.1, 0.15) is 24.0 Å². The van der Waals surface area contributed by atoms with Crippen LogP contribution in [0.3, 0.4) is 0 Å². The molecule has 7 nitrogen and oxygen atoms in total. The molecule has 0 N–H and O–H groups in total. The van der Waals surface area contributed by atoms with Crippen LogP contribution in [0.4, 0.5) is 5.13 Å². The monoisotopic (exact) mass is 546 g/mol. The van der Waals surface area contributed by atoms with Crippen molar-refractivity contribution < 1.29 is 13.2 Å². The summed E-state index contributed by atoms with van der Waals surface area (Å²) >= 11 is 9.05. The van der Waals surface area contributed by atoms with Gasteiger partial charge in [0, 0.05) is 31.4 Å². The van der Waals surface area contributed by atoms with Crippen molar-refractivity contribution in [2.45, 2.75) is 30.5 Å². The highest BCUT2D eigenvalue weighted by atomic mass is 35.5. The summed E-state index contributed by atoms with van der Waals surface area (Å²) in [6.07, 6.45) is 4.32. The van der Waals surface area contributed by atoms with Gasteiger partial charge in [-0.3, -0.25) is 14.7 Å². The van der Waals surface area contributed by atoms with Gasteiger partial charge in [-0.15, -0.1) is 11.3 Å². The zero-order valence-corrected chi connectivity index (χ0v) is 22.1. The van der Waals surface area contributed by atoms with E-state index in [1.807, 2.05) is 31.2 Å². The maximum Gasteiger partial charge on any atom is 0.252 e. The maximum atomic E-state index is 13.8. The van der Waals surface area contributed by atoms with E-state index in [9.17, 15) is 13.2 Å². The van der Waals surface area contributed by atoms with E-state index in [2.05, 4.69) is 4.98 Å². The van der Waals surface area contributed by atoms with E-state index in [4.69, 9.17) is 16.6 Å². The van der Waals surface area contributed by atoms with E-state index >= 15 is 0 Å². The summed E-state index contributed by atoms with van der Waals surface area (Å²) in [5, 5.41) is 2.95. The van der Waals surface area contributed by atoms with Gasteiger partial charge in [0.15, 0.2) is 5.13 Å². The molecule has 0 spiro atoms. The Morgan fingerprint density at radius 3 is 2.57 bits per heavy atom. The van der Waals surface area contributed by atoms with Crippen LogP contribution in [0.2, 0.25) is 5.02 Å². The summed E-state index contributed by atoms with van der Waals surface area (Å²) in [7, 11) is -3.52. The number of halogens is 1. The molecule has 3 aromatic heterocycles. The SMILES string of the molecule is Cc1ccc(Cl)c2sc(N(Cc3ccncc3)C(=O)C3CCN(S(=O)(=O)c4cccs4)CC3)nc12. The summed E-state index contributed by atoms with van der Waals surface area (Å²) in [4.78, 5) is 24.4. The third-order valence-electron chi connectivity index (χ3n) is 6.17. The summed E-state index contributed by atoms with van der Waals surface area (Å²) in [6.45, 7) is 2.95. The molecule has 1 amide bonds. The number of anilines is 1. The van der Waals surface area contributed by atoms with Crippen molar-refractivity contribution in [3.8, 4) is 0 Å². The number of aromatic nitrogens is 2. The number of carbonyl (C=O) groups excluding carboxylic acids is 1. The number of hydrogen-bond acceptors (Lipinski definition) is 7. The largest absolute Gasteiger partial charge is 0.283 e. The van der Waals surface area contributed by atoms with E-state index in [1.54, 1.807) is 34.8 Å². The van der Waals surface area contributed by atoms with E-state index in [-0.39, 0.29) is 11.8 Å². The molecule has 0 radical (unpaired) electrons. The number of fused-ring (bicyclic) bond motifs is 1. The number of rotatable bonds is 6. The van der Waals surface area contributed by atoms with Gasteiger partial charge in [0.25, 0.3) is 10.0 Å². The fourth-order valence-corrected chi connectivity index (χ4v) is 8.15. The van der Waals surface area contributed by atoms with Crippen molar-refractivity contribution in [2.75, 3.05) is 18.0 Å². The number of thiazole rings is 1. The highest BCUT2D eigenvalue weighted by Crippen LogP contribution is 2.37. The highest BCUT2D eigenvalue weighted by molar-refractivity contribution is 7.91. The fraction of sp³-hybridized carbons (Fsp3) is 0.292. The van der Waals surface area contributed by atoms with Crippen molar-refractivity contribution in [1.29, 1.82) is 0 Å². The molecule has 4 heterocycles. The lowest BCUT2D eigenvalue weighted by atomic mass is 9.96. The lowest BCUT2D eigenvalue weighted by Crippen LogP contribution is -2.44. The summed E-state index contributed by atoms with van der Waals surface area (Å²) < 4.78 is 28.5. The first-order valence-electron chi connectivity index (χ1n) is 11.1. The van der Waals surface area contributed by atoms with Crippen LogP contribution in [0.15, 0.2) is 58.4 Å². The number of pyridine rings is 1. The molecule has 0 aliphatic carbocycles. The third kappa shape index (κ3) is 4.85. The summed E-state index contributed by atoms with van der Waals surface area (Å²) in [5.41, 5.74) is 2.73. The number of hydrogen-bond donors (Lipinski definition) is 0. The Morgan fingerprint density at radius 1 is 1.17 bits per heavy atom. The number of carbonyl (C=O) groups is 1. The standard InChI is InChI=1S/C24H23ClN4O3S3/c1-16-4-5-19(25)22-21(16)27-24(34-22)29(15-17-6-10-26-11-7-17)23(30)18-8-12-28(13-9-18)35(31,32)20-3-2-14-33-20/h2-7,10-11,14,18H,8-9,12-13,15H2,1H3. The fourth-order valence-electron chi connectivity index (χ4n) is 4.22. The predicted octanol–water partition coefficient (Wildman–Crippen LogP) is 5.35. The quantitative estimate of drug-likeness (QED) is 0.325. The Kier molecular flexibility index (Phi) is 6.91. The van der Waals surface area contributed by atoms with Gasteiger partial charge in [-0.05, 0) is 60.5 Å². The average molecular weight is 547 g/mol. The second-order valence-electron chi connectivity index (χ2n) is 8.43. The van der Waals surface area contributed by atoms with Crippen LogP contribution in [0.5, 0.6) is 0 Å². The normalized spacial score (nSPS) is 15.5. The number of benzene rings is 1. The van der Waals surface area contributed by atoms with Gasteiger partial charge >= 0.3 is 0 Å². The van der Waals surface area contributed by atoms with Crippen molar-refractivity contribution in [2.24, 2.45) is 5.92 Å². The van der Waals surface area contributed by atoms with E-state index in [0.29, 0.717) is 46.8 Å². The van der Waals surface area contributed by atoms with Gasteiger partial charge in [0.1, 0.15) is 4.21 Å². The maximum absolute atomic E-state index is 13.8. The molecule has 11 heteroatoms. The second-order valence-corrected chi connectivity index (χ2v) is 12.9. The molecule has 1 fully saturated rings. The van der Waals surface area contributed by atoms with Gasteiger partial charge in [0.05, 0.1) is 21.8 Å². The number of piperidine rings is 1. The van der Waals surface area contributed by atoms with Crippen molar-refractivity contribution in [3.63, 3.8) is 0 Å². The van der Waals surface area contributed by atoms with E-state index < -0.39 is 10.0 Å². The topological polar surface area (TPSA) is 83.5 Å². The number of sulfonamides is 1. The molecule has 1 aliphatic heterocycles. The molecule has 1 aliphatic rings. The molecule has 0 atom stereocenters. The molecular formula is C24H23ClN4O3S3. The van der Waals surface area contributed by atoms with Crippen molar-refractivity contribution >= 4 is 65.6 Å². The van der Waals surface area contributed by atoms with Crippen LogP contribution >= 0.6 is 34.3 Å². The highest BCUT2D eigenvalue weighted by Gasteiger charge is 2.35. The van der Waals surface area contributed by atoms with Gasteiger partial charge in [-0.1, -0.05) is 35.1 Å². The zero-order valence-electron chi connectivity index (χ0n) is 18.9. The van der Waals surface area contributed by atoms with Crippen molar-refractivity contribution in [3.05, 3.63) is 70.3 Å². The van der Waals surface area contributed by atoms with E-state index in [1.165, 1.54) is 27.0 Å². The molecule has 5 rings (SSSR count). The molecule has 182 valence electrons.